The molecule has 1 amide bonds. The third-order valence-electron chi connectivity index (χ3n) is 4.53. The van der Waals surface area contributed by atoms with Crippen molar-refractivity contribution in [3.05, 3.63) is 53.2 Å². The number of pyridine rings is 1. The van der Waals surface area contributed by atoms with Crippen molar-refractivity contribution in [3.8, 4) is 0 Å². The van der Waals surface area contributed by atoms with E-state index in [1.54, 1.807) is 6.20 Å². The first-order valence-corrected chi connectivity index (χ1v) is 8.51. The van der Waals surface area contributed by atoms with Crippen molar-refractivity contribution in [1.29, 1.82) is 0 Å². The average Bonchev–Trinajstić information content (AvgIpc) is 2.91. The zero-order valence-corrected chi connectivity index (χ0v) is 13.9. The highest BCUT2D eigenvalue weighted by Gasteiger charge is 2.29. The van der Waals surface area contributed by atoms with Gasteiger partial charge in [0, 0.05) is 24.9 Å². The van der Waals surface area contributed by atoms with Crippen molar-refractivity contribution in [2.24, 2.45) is 0 Å². The van der Waals surface area contributed by atoms with Crippen LogP contribution in [0.1, 0.15) is 66.2 Å². The van der Waals surface area contributed by atoms with Crippen LogP contribution in [0.15, 0.2) is 34.9 Å². The summed E-state index contributed by atoms with van der Waals surface area (Å²) in [5.74, 6) is 1.95. The highest BCUT2D eigenvalue weighted by molar-refractivity contribution is 5.94. The van der Waals surface area contributed by atoms with Crippen LogP contribution in [0.2, 0.25) is 0 Å². The molecule has 0 saturated carbocycles. The summed E-state index contributed by atoms with van der Waals surface area (Å²) in [6.45, 7) is 4.79. The van der Waals surface area contributed by atoms with Crippen LogP contribution in [0, 0.1) is 6.92 Å². The zero-order valence-electron chi connectivity index (χ0n) is 13.9. The first kappa shape index (κ1) is 15.8. The molecule has 3 heterocycles. The molecule has 3 rings (SSSR count). The second kappa shape index (κ2) is 6.99. The highest BCUT2D eigenvalue weighted by Crippen LogP contribution is 2.32. The van der Waals surface area contributed by atoms with Crippen LogP contribution in [0.3, 0.4) is 0 Å². The summed E-state index contributed by atoms with van der Waals surface area (Å²) in [5, 5.41) is 0. The summed E-state index contributed by atoms with van der Waals surface area (Å²) in [6.07, 6.45) is 6.85. The monoisotopic (exact) mass is 312 g/mol. The Morgan fingerprint density at radius 1 is 1.26 bits per heavy atom. The smallest absolute Gasteiger partial charge is 0.256 e. The van der Waals surface area contributed by atoms with Gasteiger partial charge in [-0.05, 0) is 44.0 Å². The molecule has 0 aliphatic carbocycles. The van der Waals surface area contributed by atoms with Gasteiger partial charge in [-0.1, -0.05) is 19.8 Å². The van der Waals surface area contributed by atoms with Crippen LogP contribution in [-0.2, 0) is 6.42 Å². The molecular weight excluding hydrogens is 288 g/mol. The summed E-state index contributed by atoms with van der Waals surface area (Å²) in [7, 11) is 0. The van der Waals surface area contributed by atoms with E-state index in [4.69, 9.17) is 4.42 Å². The molecule has 4 nitrogen and oxygen atoms in total. The van der Waals surface area contributed by atoms with E-state index in [9.17, 15) is 4.79 Å². The van der Waals surface area contributed by atoms with Crippen molar-refractivity contribution in [2.75, 3.05) is 6.54 Å². The van der Waals surface area contributed by atoms with Crippen molar-refractivity contribution in [1.82, 2.24) is 9.88 Å². The lowest BCUT2D eigenvalue weighted by Gasteiger charge is -2.28. The van der Waals surface area contributed by atoms with E-state index >= 15 is 0 Å². The Balaban J connectivity index is 1.88. The molecule has 1 atom stereocenters. The SMILES string of the molecule is CCc1ccc(C2CCCCCN2C(=O)c2ccc(C)nc2)o1. The number of carbonyl (C=O) groups is 1. The minimum Gasteiger partial charge on any atom is -0.464 e. The first-order valence-electron chi connectivity index (χ1n) is 8.51. The van der Waals surface area contributed by atoms with Gasteiger partial charge in [-0.2, -0.15) is 0 Å². The Labute approximate surface area is 137 Å². The van der Waals surface area contributed by atoms with E-state index in [0.29, 0.717) is 5.56 Å². The van der Waals surface area contributed by atoms with Crippen LogP contribution >= 0.6 is 0 Å². The van der Waals surface area contributed by atoms with Crippen molar-refractivity contribution in [3.63, 3.8) is 0 Å². The molecular formula is C19H24N2O2. The number of nitrogens with zero attached hydrogens (tertiary/aromatic N) is 2. The molecule has 0 bridgehead atoms. The molecule has 2 aromatic rings. The minimum atomic E-state index is 0.0339. The Hall–Kier alpha value is -2.10. The lowest BCUT2D eigenvalue weighted by molar-refractivity contribution is 0.0656. The van der Waals surface area contributed by atoms with Gasteiger partial charge >= 0.3 is 0 Å². The molecule has 2 aromatic heterocycles. The van der Waals surface area contributed by atoms with E-state index < -0.39 is 0 Å². The molecule has 0 spiro atoms. The van der Waals surface area contributed by atoms with E-state index in [1.165, 1.54) is 0 Å². The summed E-state index contributed by atoms with van der Waals surface area (Å²) in [4.78, 5) is 19.2. The molecule has 0 N–H and O–H groups in total. The van der Waals surface area contributed by atoms with Gasteiger partial charge in [0.2, 0.25) is 0 Å². The maximum absolute atomic E-state index is 13.0. The van der Waals surface area contributed by atoms with Gasteiger partial charge < -0.3 is 9.32 Å². The second-order valence-corrected chi connectivity index (χ2v) is 6.21. The van der Waals surface area contributed by atoms with Crippen LogP contribution in [0.25, 0.3) is 0 Å². The number of furan rings is 1. The standard InChI is InChI=1S/C19H24N2O2/c1-3-16-10-11-18(23-16)17-7-5-4-6-12-21(17)19(22)15-9-8-14(2)20-13-15/h8-11,13,17H,3-7,12H2,1-2H3. The Morgan fingerprint density at radius 3 is 2.83 bits per heavy atom. The van der Waals surface area contributed by atoms with E-state index in [-0.39, 0.29) is 11.9 Å². The summed E-state index contributed by atoms with van der Waals surface area (Å²) in [6, 6.07) is 7.85. The molecule has 4 heteroatoms. The lowest BCUT2D eigenvalue weighted by atomic mass is 10.1. The maximum atomic E-state index is 13.0. The number of aryl methyl sites for hydroxylation is 2. The predicted octanol–water partition coefficient (Wildman–Crippen LogP) is 4.30. The lowest BCUT2D eigenvalue weighted by Crippen LogP contribution is -2.34. The fourth-order valence-corrected chi connectivity index (χ4v) is 3.17. The van der Waals surface area contributed by atoms with Crippen LogP contribution < -0.4 is 0 Å². The molecule has 1 saturated heterocycles. The Kier molecular flexibility index (Phi) is 4.79. The van der Waals surface area contributed by atoms with Gasteiger partial charge in [0.1, 0.15) is 11.5 Å². The molecule has 1 unspecified atom stereocenters. The highest BCUT2D eigenvalue weighted by atomic mass is 16.3. The third kappa shape index (κ3) is 3.46. The van der Waals surface area contributed by atoms with E-state index in [0.717, 1.165) is 55.9 Å². The molecule has 122 valence electrons. The molecule has 0 radical (unpaired) electrons. The fourth-order valence-electron chi connectivity index (χ4n) is 3.17. The average molecular weight is 312 g/mol. The number of hydrogen-bond acceptors (Lipinski definition) is 3. The van der Waals surface area contributed by atoms with Gasteiger partial charge in [0.05, 0.1) is 11.6 Å². The maximum Gasteiger partial charge on any atom is 0.256 e. The fraction of sp³-hybridized carbons (Fsp3) is 0.474. The van der Waals surface area contributed by atoms with Crippen molar-refractivity contribution >= 4 is 5.91 Å². The number of likely N-dealkylation sites (tertiary alicyclic amines) is 1. The van der Waals surface area contributed by atoms with Crippen LogP contribution in [0.5, 0.6) is 0 Å². The predicted molar refractivity (Wildman–Crippen MR) is 89.3 cm³/mol. The van der Waals surface area contributed by atoms with E-state index in [1.807, 2.05) is 36.1 Å². The largest absolute Gasteiger partial charge is 0.464 e. The van der Waals surface area contributed by atoms with Crippen LogP contribution in [-0.4, -0.2) is 22.3 Å². The van der Waals surface area contributed by atoms with Gasteiger partial charge in [-0.25, -0.2) is 0 Å². The second-order valence-electron chi connectivity index (χ2n) is 6.21. The molecule has 1 fully saturated rings. The number of amides is 1. The number of aromatic nitrogens is 1. The Morgan fingerprint density at radius 2 is 2.13 bits per heavy atom. The topological polar surface area (TPSA) is 46.3 Å². The number of hydrogen-bond donors (Lipinski definition) is 0. The Bertz CT molecular complexity index is 660. The number of rotatable bonds is 3. The normalized spacial score (nSPS) is 18.7. The first-order chi connectivity index (χ1) is 11.2. The summed E-state index contributed by atoms with van der Waals surface area (Å²) < 4.78 is 5.95. The molecule has 1 aliphatic heterocycles. The molecule has 0 aromatic carbocycles. The van der Waals surface area contributed by atoms with Crippen molar-refractivity contribution < 1.29 is 9.21 Å². The summed E-state index contributed by atoms with van der Waals surface area (Å²) in [5.41, 5.74) is 1.58. The van der Waals surface area contributed by atoms with Crippen molar-refractivity contribution in [2.45, 2.75) is 52.0 Å². The van der Waals surface area contributed by atoms with Gasteiger partial charge in [-0.15, -0.1) is 0 Å². The summed E-state index contributed by atoms with van der Waals surface area (Å²) >= 11 is 0. The minimum absolute atomic E-state index is 0.0339. The number of carbonyl (C=O) groups excluding carboxylic acids is 1. The van der Waals surface area contributed by atoms with E-state index in [2.05, 4.69) is 11.9 Å². The van der Waals surface area contributed by atoms with Gasteiger partial charge in [0.15, 0.2) is 0 Å². The quantitative estimate of drug-likeness (QED) is 0.848. The van der Waals surface area contributed by atoms with Gasteiger partial charge in [-0.3, -0.25) is 9.78 Å². The third-order valence-corrected chi connectivity index (χ3v) is 4.53. The van der Waals surface area contributed by atoms with Crippen LogP contribution in [0.4, 0.5) is 0 Å². The molecule has 23 heavy (non-hydrogen) atoms. The molecule has 1 aliphatic rings. The zero-order chi connectivity index (χ0) is 16.2. The van der Waals surface area contributed by atoms with Gasteiger partial charge in [0.25, 0.3) is 5.91 Å².